The Bertz CT molecular complexity index is 918. The topological polar surface area (TPSA) is 60.5 Å². The maximum absolute atomic E-state index is 14.6. The fourth-order valence-corrected chi connectivity index (χ4v) is 4.02. The summed E-state index contributed by atoms with van der Waals surface area (Å²) >= 11 is 5.28. The minimum atomic E-state index is -0.520. The van der Waals surface area contributed by atoms with Gasteiger partial charge in [0.15, 0.2) is 5.78 Å². The Balaban J connectivity index is 1.54. The minimum absolute atomic E-state index is 0.127. The Morgan fingerprint density at radius 3 is 3.04 bits per heavy atom. The molecule has 2 fully saturated rings. The zero-order chi connectivity index (χ0) is 19.7. The molecule has 1 saturated carbocycles. The molecule has 0 bridgehead atoms. The van der Waals surface area contributed by atoms with Crippen LogP contribution in [0, 0.1) is 11.7 Å². The van der Waals surface area contributed by atoms with Crippen molar-refractivity contribution in [2.45, 2.75) is 25.3 Å². The molecule has 2 atom stereocenters. The van der Waals surface area contributed by atoms with Crippen LogP contribution in [0.1, 0.15) is 35.0 Å². The molecule has 5 nitrogen and oxygen atoms in total. The van der Waals surface area contributed by atoms with Gasteiger partial charge in [0.2, 0.25) is 0 Å². The van der Waals surface area contributed by atoms with Crippen molar-refractivity contribution in [2.24, 2.45) is 5.92 Å². The number of Topliss-reactive ketones (excluding diaryl/α,β-unsaturated/α-hetero) is 1. The van der Waals surface area contributed by atoms with E-state index in [-0.39, 0.29) is 23.9 Å². The van der Waals surface area contributed by atoms with Crippen molar-refractivity contribution in [1.82, 2.24) is 10.3 Å². The van der Waals surface area contributed by atoms with Crippen LogP contribution in [0.15, 0.2) is 36.5 Å². The van der Waals surface area contributed by atoms with Crippen molar-refractivity contribution >= 4 is 23.0 Å². The number of hydrogen-bond acceptors (Lipinski definition) is 5. The maximum Gasteiger partial charge on any atom is 0.185 e. The highest BCUT2D eigenvalue weighted by Crippen LogP contribution is 2.53. The highest BCUT2D eigenvalue weighted by molar-refractivity contribution is 7.80. The van der Waals surface area contributed by atoms with Crippen molar-refractivity contribution in [3.8, 4) is 5.75 Å². The van der Waals surface area contributed by atoms with Gasteiger partial charge in [0.05, 0.1) is 31.6 Å². The van der Waals surface area contributed by atoms with Gasteiger partial charge in [-0.1, -0.05) is 24.4 Å². The van der Waals surface area contributed by atoms with Crippen LogP contribution in [0.5, 0.6) is 5.75 Å². The summed E-state index contributed by atoms with van der Waals surface area (Å²) in [6.07, 6.45) is 2.45. The molecule has 1 aliphatic carbocycles. The molecular weight excluding hydrogens is 379 g/mol. The van der Waals surface area contributed by atoms with E-state index < -0.39 is 5.54 Å². The fourth-order valence-electron chi connectivity index (χ4n) is 3.76. The second kappa shape index (κ2) is 7.56. The number of benzene rings is 1. The summed E-state index contributed by atoms with van der Waals surface area (Å²) in [6, 6.07) is 8.21. The Morgan fingerprint density at radius 1 is 1.43 bits per heavy atom. The normalized spacial score (nSPS) is 23.4. The molecule has 2 aliphatic rings. The monoisotopic (exact) mass is 400 g/mol. The number of pyridine rings is 1. The summed E-state index contributed by atoms with van der Waals surface area (Å²) in [5.74, 6) is 0.383. The first-order chi connectivity index (χ1) is 13.5. The first kappa shape index (κ1) is 19.0. The van der Waals surface area contributed by atoms with E-state index in [0.29, 0.717) is 41.8 Å². The lowest BCUT2D eigenvalue weighted by atomic mass is 9.96. The quantitative estimate of drug-likeness (QED) is 0.594. The summed E-state index contributed by atoms with van der Waals surface area (Å²) in [5, 5.41) is 3.27. The minimum Gasteiger partial charge on any atom is -0.492 e. The number of aromatic nitrogens is 1. The number of fused-ring (bicyclic) bond motifs is 1. The van der Waals surface area contributed by atoms with Crippen LogP contribution in [0.4, 0.5) is 4.39 Å². The summed E-state index contributed by atoms with van der Waals surface area (Å²) in [5.41, 5.74) is 1.14. The van der Waals surface area contributed by atoms with Crippen LogP contribution in [-0.2, 0) is 16.7 Å². The van der Waals surface area contributed by atoms with E-state index in [9.17, 15) is 9.18 Å². The number of rotatable bonds is 6. The van der Waals surface area contributed by atoms with Crippen LogP contribution in [0.2, 0.25) is 0 Å². The molecule has 7 heteroatoms. The van der Waals surface area contributed by atoms with Gasteiger partial charge in [-0.05, 0) is 37.1 Å². The van der Waals surface area contributed by atoms with Gasteiger partial charge in [-0.2, -0.15) is 0 Å². The van der Waals surface area contributed by atoms with Crippen LogP contribution >= 0.6 is 12.2 Å². The number of carbonyl (C=O) groups excluding carboxylic acids is 1. The standard InChI is InChI=1S/C21H21FN2O3S/c1-2-27-15-4-6-18(23-10-15)19(25)8-13-3-5-17(22)16(7-13)21-9-14(21)11-26-12-20(28)24-21/h3-7,10,14H,2,8-9,11-12H2,1H3,(H,24,28)/t14-,21-/m0/s1. The third-order valence-electron chi connectivity index (χ3n) is 5.23. The molecule has 28 heavy (non-hydrogen) atoms. The Labute approximate surface area is 168 Å². The molecule has 1 aromatic heterocycles. The van der Waals surface area contributed by atoms with Crippen LogP contribution in [0.25, 0.3) is 0 Å². The van der Waals surface area contributed by atoms with E-state index in [1.807, 2.05) is 6.92 Å². The van der Waals surface area contributed by atoms with Crippen molar-refractivity contribution in [3.05, 3.63) is 59.2 Å². The van der Waals surface area contributed by atoms with Gasteiger partial charge < -0.3 is 14.8 Å². The molecule has 2 heterocycles. The lowest BCUT2D eigenvalue weighted by Gasteiger charge is -2.20. The zero-order valence-electron chi connectivity index (χ0n) is 15.5. The summed E-state index contributed by atoms with van der Waals surface area (Å²) in [6.45, 7) is 3.33. The number of ether oxygens (including phenoxy) is 2. The highest BCUT2D eigenvalue weighted by Gasteiger charge is 2.58. The third kappa shape index (κ3) is 3.64. The lowest BCUT2D eigenvalue weighted by molar-refractivity contribution is 0.0988. The Kier molecular flexibility index (Phi) is 5.12. The summed E-state index contributed by atoms with van der Waals surface area (Å²) in [4.78, 5) is 17.4. The largest absolute Gasteiger partial charge is 0.492 e. The lowest BCUT2D eigenvalue weighted by Crippen LogP contribution is -2.36. The maximum atomic E-state index is 14.6. The molecule has 1 N–H and O–H groups in total. The molecule has 1 aromatic carbocycles. The van der Waals surface area contributed by atoms with E-state index in [1.54, 1.807) is 24.3 Å². The third-order valence-corrected chi connectivity index (χ3v) is 5.45. The van der Waals surface area contributed by atoms with Gasteiger partial charge in [-0.15, -0.1) is 0 Å². The molecule has 2 aromatic rings. The summed E-state index contributed by atoms with van der Waals surface area (Å²) < 4.78 is 25.5. The van der Waals surface area contributed by atoms with E-state index in [1.165, 1.54) is 12.3 Å². The highest BCUT2D eigenvalue weighted by atomic mass is 32.1. The molecule has 0 spiro atoms. The second-order valence-corrected chi connectivity index (χ2v) is 7.65. The van der Waals surface area contributed by atoms with Crippen LogP contribution in [-0.4, -0.2) is 35.6 Å². The predicted octanol–water partition coefficient (Wildman–Crippen LogP) is 3.21. The van der Waals surface area contributed by atoms with Crippen molar-refractivity contribution < 1.29 is 18.7 Å². The number of nitrogens with zero attached hydrogens (tertiary/aromatic N) is 1. The van der Waals surface area contributed by atoms with Gasteiger partial charge in [-0.3, -0.25) is 4.79 Å². The molecule has 1 aliphatic heterocycles. The fraction of sp³-hybridized carbons (Fsp3) is 0.381. The Morgan fingerprint density at radius 2 is 2.29 bits per heavy atom. The number of halogens is 1. The number of thiocarbonyl (C=S) groups is 1. The number of hydrogen-bond donors (Lipinski definition) is 1. The average Bonchev–Trinajstić information content (AvgIpc) is 3.38. The SMILES string of the molecule is CCOc1ccc(C(=O)Cc2ccc(F)c([C@]34C[C@H]3COCC(=S)N4)c2)nc1. The first-order valence-electron chi connectivity index (χ1n) is 9.31. The summed E-state index contributed by atoms with van der Waals surface area (Å²) in [7, 11) is 0. The molecule has 0 radical (unpaired) electrons. The van der Waals surface area contributed by atoms with E-state index in [4.69, 9.17) is 21.7 Å². The molecule has 146 valence electrons. The van der Waals surface area contributed by atoms with Gasteiger partial charge in [0.25, 0.3) is 0 Å². The molecular formula is C21H21FN2O3S. The van der Waals surface area contributed by atoms with Crippen molar-refractivity contribution in [3.63, 3.8) is 0 Å². The average molecular weight is 400 g/mol. The molecule has 4 rings (SSSR count). The molecule has 1 saturated heterocycles. The Hall–Kier alpha value is -2.38. The van der Waals surface area contributed by atoms with E-state index in [0.717, 1.165) is 12.0 Å². The molecule has 0 unspecified atom stereocenters. The predicted molar refractivity (Wildman–Crippen MR) is 106 cm³/mol. The number of nitrogens with one attached hydrogen (secondary N) is 1. The molecule has 0 amide bonds. The van der Waals surface area contributed by atoms with Crippen LogP contribution in [0.3, 0.4) is 0 Å². The smallest absolute Gasteiger partial charge is 0.185 e. The van der Waals surface area contributed by atoms with Gasteiger partial charge in [0, 0.05) is 17.9 Å². The van der Waals surface area contributed by atoms with E-state index >= 15 is 0 Å². The van der Waals surface area contributed by atoms with E-state index in [2.05, 4.69) is 10.3 Å². The van der Waals surface area contributed by atoms with Gasteiger partial charge in [0.1, 0.15) is 22.2 Å². The zero-order valence-corrected chi connectivity index (χ0v) is 16.4. The van der Waals surface area contributed by atoms with Gasteiger partial charge >= 0.3 is 0 Å². The number of ketones is 1. The van der Waals surface area contributed by atoms with Crippen LogP contribution < -0.4 is 10.1 Å². The number of carbonyl (C=O) groups is 1. The van der Waals surface area contributed by atoms with Gasteiger partial charge in [-0.25, -0.2) is 9.37 Å². The first-order valence-corrected chi connectivity index (χ1v) is 9.72. The van der Waals surface area contributed by atoms with Crippen molar-refractivity contribution in [1.29, 1.82) is 0 Å². The second-order valence-electron chi connectivity index (χ2n) is 7.16. The van der Waals surface area contributed by atoms with Crippen molar-refractivity contribution in [2.75, 3.05) is 19.8 Å².